The van der Waals surface area contributed by atoms with Crippen LogP contribution in [0.3, 0.4) is 0 Å². The number of benzene rings is 2. The summed E-state index contributed by atoms with van der Waals surface area (Å²) in [5.74, 6) is -2.47. The Bertz CT molecular complexity index is 1040. The Hall–Kier alpha value is -3.59. The van der Waals surface area contributed by atoms with Crippen LogP contribution in [-0.4, -0.2) is 33.5 Å². The van der Waals surface area contributed by atoms with Gasteiger partial charge in [0.2, 0.25) is 0 Å². The summed E-state index contributed by atoms with van der Waals surface area (Å²) in [4.78, 5) is 39.7. The standard InChI is InChI=1S/C18H14N4O4S/c1-10(23)15(22-21-12-7-3-2-6-11(12)17(25)26)16(24)20-18-19-13-8-4-5-9-14(13)27-18/h2-9,21H,1H3,(H,25,26)(H,19,20,24)/b22-15+. The third kappa shape index (κ3) is 4.15. The van der Waals surface area contributed by atoms with Gasteiger partial charge in [-0.05, 0) is 24.3 Å². The van der Waals surface area contributed by atoms with Crippen molar-refractivity contribution in [2.75, 3.05) is 10.7 Å². The lowest BCUT2D eigenvalue weighted by atomic mass is 10.2. The first-order valence-corrected chi connectivity index (χ1v) is 8.61. The molecule has 0 spiro atoms. The van der Waals surface area contributed by atoms with E-state index < -0.39 is 23.4 Å². The molecule has 0 saturated carbocycles. The van der Waals surface area contributed by atoms with Gasteiger partial charge >= 0.3 is 5.97 Å². The fraction of sp³-hybridized carbons (Fsp3) is 0.0556. The van der Waals surface area contributed by atoms with Crippen LogP contribution in [0.4, 0.5) is 10.8 Å². The quantitative estimate of drug-likeness (QED) is 0.342. The molecule has 27 heavy (non-hydrogen) atoms. The zero-order valence-corrected chi connectivity index (χ0v) is 14.9. The van der Waals surface area contributed by atoms with Crippen molar-refractivity contribution in [1.29, 1.82) is 0 Å². The number of nitrogens with one attached hydrogen (secondary N) is 2. The number of nitrogens with zero attached hydrogens (tertiary/aromatic N) is 2. The zero-order valence-electron chi connectivity index (χ0n) is 14.1. The highest BCUT2D eigenvalue weighted by Crippen LogP contribution is 2.25. The van der Waals surface area contributed by atoms with E-state index in [2.05, 4.69) is 20.8 Å². The Labute approximate surface area is 157 Å². The van der Waals surface area contributed by atoms with Crippen LogP contribution >= 0.6 is 11.3 Å². The zero-order chi connectivity index (χ0) is 19.4. The Morgan fingerprint density at radius 2 is 1.78 bits per heavy atom. The fourth-order valence-corrected chi connectivity index (χ4v) is 3.12. The average molecular weight is 382 g/mol. The molecule has 0 aliphatic carbocycles. The summed E-state index contributed by atoms with van der Waals surface area (Å²) in [5, 5.41) is 15.9. The molecule has 9 heteroatoms. The molecule has 8 nitrogen and oxygen atoms in total. The molecule has 136 valence electrons. The van der Waals surface area contributed by atoms with Gasteiger partial charge in [0.15, 0.2) is 16.6 Å². The van der Waals surface area contributed by atoms with E-state index >= 15 is 0 Å². The second-order valence-electron chi connectivity index (χ2n) is 5.42. The summed E-state index contributed by atoms with van der Waals surface area (Å²) in [5.41, 5.74) is 2.94. The first kappa shape index (κ1) is 18.2. The minimum Gasteiger partial charge on any atom is -0.478 e. The molecule has 0 aliphatic heterocycles. The summed E-state index contributed by atoms with van der Waals surface area (Å²) in [6, 6.07) is 13.4. The lowest BCUT2D eigenvalue weighted by molar-refractivity contribution is -0.114. The average Bonchev–Trinajstić information content (AvgIpc) is 3.04. The molecule has 1 heterocycles. The summed E-state index contributed by atoms with van der Waals surface area (Å²) in [6.07, 6.45) is 0. The van der Waals surface area contributed by atoms with Crippen molar-refractivity contribution in [2.45, 2.75) is 6.92 Å². The van der Waals surface area contributed by atoms with E-state index in [9.17, 15) is 19.5 Å². The van der Waals surface area contributed by atoms with Crippen molar-refractivity contribution < 1.29 is 19.5 Å². The second kappa shape index (κ2) is 7.75. The van der Waals surface area contributed by atoms with Crippen LogP contribution < -0.4 is 10.7 Å². The van der Waals surface area contributed by atoms with Crippen molar-refractivity contribution in [3.63, 3.8) is 0 Å². The molecular formula is C18H14N4O4S. The second-order valence-corrected chi connectivity index (χ2v) is 6.45. The number of carbonyl (C=O) groups excluding carboxylic acids is 2. The largest absolute Gasteiger partial charge is 0.478 e. The number of fused-ring (bicyclic) bond motifs is 1. The van der Waals surface area contributed by atoms with Gasteiger partial charge in [-0.1, -0.05) is 35.6 Å². The van der Waals surface area contributed by atoms with Crippen LogP contribution in [0.2, 0.25) is 0 Å². The molecule has 3 aromatic rings. The van der Waals surface area contributed by atoms with E-state index in [1.807, 2.05) is 24.3 Å². The van der Waals surface area contributed by atoms with Gasteiger partial charge in [0, 0.05) is 6.92 Å². The SMILES string of the molecule is CC(=O)/C(=N\Nc1ccccc1C(=O)O)C(=O)Nc1nc2ccccc2s1. The number of carboxylic acids is 1. The fourth-order valence-electron chi connectivity index (χ4n) is 2.25. The molecule has 3 N–H and O–H groups in total. The van der Waals surface area contributed by atoms with Crippen LogP contribution in [0.15, 0.2) is 53.6 Å². The summed E-state index contributed by atoms with van der Waals surface area (Å²) in [7, 11) is 0. The molecule has 2 aromatic carbocycles. The molecule has 0 bridgehead atoms. The smallest absolute Gasteiger partial charge is 0.337 e. The van der Waals surface area contributed by atoms with Gasteiger partial charge in [0.1, 0.15) is 0 Å². The number of amides is 1. The van der Waals surface area contributed by atoms with Gasteiger partial charge in [-0.25, -0.2) is 9.78 Å². The van der Waals surface area contributed by atoms with Crippen LogP contribution in [-0.2, 0) is 9.59 Å². The Morgan fingerprint density at radius 3 is 2.48 bits per heavy atom. The van der Waals surface area contributed by atoms with Crippen molar-refractivity contribution in [2.24, 2.45) is 5.10 Å². The number of thiazole rings is 1. The number of aromatic carboxylic acids is 1. The van der Waals surface area contributed by atoms with Crippen LogP contribution in [0.25, 0.3) is 10.2 Å². The van der Waals surface area contributed by atoms with E-state index in [-0.39, 0.29) is 11.3 Å². The molecule has 0 saturated heterocycles. The van der Waals surface area contributed by atoms with Crippen LogP contribution in [0, 0.1) is 0 Å². The summed E-state index contributed by atoms with van der Waals surface area (Å²) >= 11 is 1.27. The number of rotatable bonds is 6. The maximum Gasteiger partial charge on any atom is 0.337 e. The molecule has 1 amide bonds. The topological polar surface area (TPSA) is 121 Å². The molecule has 0 atom stereocenters. The van der Waals surface area contributed by atoms with E-state index in [0.717, 1.165) is 10.2 Å². The van der Waals surface area contributed by atoms with E-state index in [1.54, 1.807) is 12.1 Å². The third-order valence-electron chi connectivity index (χ3n) is 3.51. The summed E-state index contributed by atoms with van der Waals surface area (Å²) < 4.78 is 0.891. The van der Waals surface area contributed by atoms with Gasteiger partial charge in [-0.3, -0.25) is 20.3 Å². The molecule has 0 aliphatic rings. The number of carbonyl (C=O) groups is 3. The van der Waals surface area contributed by atoms with Gasteiger partial charge in [-0.2, -0.15) is 5.10 Å². The molecule has 0 radical (unpaired) electrons. The molecule has 0 unspecified atom stereocenters. The predicted octanol–water partition coefficient (Wildman–Crippen LogP) is 2.99. The highest BCUT2D eigenvalue weighted by atomic mass is 32.1. The van der Waals surface area contributed by atoms with Crippen molar-refractivity contribution in [1.82, 2.24) is 4.98 Å². The molecule has 3 rings (SSSR count). The Balaban J connectivity index is 1.82. The van der Waals surface area contributed by atoms with Gasteiger partial charge in [0.05, 0.1) is 21.5 Å². The predicted molar refractivity (Wildman–Crippen MR) is 103 cm³/mol. The monoisotopic (exact) mass is 382 g/mol. The third-order valence-corrected chi connectivity index (χ3v) is 4.46. The van der Waals surface area contributed by atoms with E-state index in [4.69, 9.17) is 0 Å². The van der Waals surface area contributed by atoms with Crippen molar-refractivity contribution in [3.8, 4) is 0 Å². The molecule has 1 aromatic heterocycles. The Kier molecular flexibility index (Phi) is 5.23. The van der Waals surface area contributed by atoms with Crippen molar-refractivity contribution in [3.05, 3.63) is 54.1 Å². The number of hydrogen-bond donors (Lipinski definition) is 3. The maximum absolute atomic E-state index is 12.4. The number of para-hydroxylation sites is 2. The van der Waals surface area contributed by atoms with Crippen LogP contribution in [0.1, 0.15) is 17.3 Å². The highest BCUT2D eigenvalue weighted by molar-refractivity contribution is 7.22. The number of hydrazone groups is 1. The first-order valence-electron chi connectivity index (χ1n) is 7.79. The van der Waals surface area contributed by atoms with Crippen molar-refractivity contribution >= 4 is 55.7 Å². The molecular weight excluding hydrogens is 368 g/mol. The number of Topliss-reactive ketones (excluding diaryl/α,β-unsaturated/α-hetero) is 1. The van der Waals surface area contributed by atoms with Gasteiger partial charge in [0.25, 0.3) is 5.91 Å². The first-order chi connectivity index (χ1) is 13.0. The molecule has 0 fully saturated rings. The lowest BCUT2D eigenvalue weighted by Gasteiger charge is -2.07. The van der Waals surface area contributed by atoms with Crippen LogP contribution in [0.5, 0.6) is 0 Å². The number of ketones is 1. The lowest BCUT2D eigenvalue weighted by Crippen LogP contribution is -2.29. The van der Waals surface area contributed by atoms with Gasteiger partial charge in [-0.15, -0.1) is 0 Å². The number of aromatic nitrogens is 1. The summed E-state index contributed by atoms with van der Waals surface area (Å²) in [6.45, 7) is 1.20. The van der Waals surface area contributed by atoms with Gasteiger partial charge < -0.3 is 5.11 Å². The number of hydrogen-bond acceptors (Lipinski definition) is 7. The minimum absolute atomic E-state index is 0.0317. The number of carboxylic acid groups (broad SMARTS) is 1. The van der Waals surface area contributed by atoms with E-state index in [1.165, 1.54) is 30.4 Å². The maximum atomic E-state index is 12.4. The minimum atomic E-state index is -1.16. The highest BCUT2D eigenvalue weighted by Gasteiger charge is 2.19. The normalized spacial score (nSPS) is 11.2. The van der Waals surface area contributed by atoms with E-state index in [0.29, 0.717) is 5.13 Å². The number of anilines is 2. The Morgan fingerprint density at radius 1 is 1.07 bits per heavy atom.